The molecule has 1 unspecified atom stereocenters. The highest BCUT2D eigenvalue weighted by Crippen LogP contribution is 2.20. The number of hydrogen-bond donors (Lipinski definition) is 2. The van der Waals surface area contributed by atoms with Crippen LogP contribution in [0.1, 0.15) is 26.0 Å². The van der Waals surface area contributed by atoms with E-state index in [1.165, 1.54) is 0 Å². The Morgan fingerprint density at radius 1 is 1.56 bits per heavy atom. The Kier molecular flexibility index (Phi) is 6.26. The predicted molar refractivity (Wildman–Crippen MR) is 70.9 cm³/mol. The molecular weight excluding hydrogens is 220 g/mol. The molecule has 0 aliphatic heterocycles. The van der Waals surface area contributed by atoms with E-state index < -0.39 is 0 Å². The third-order valence-corrected chi connectivity index (χ3v) is 3.52. The number of hydrogen-bond acceptors (Lipinski definition) is 4. The van der Waals surface area contributed by atoms with E-state index in [2.05, 4.69) is 30.2 Å². The molecule has 0 aliphatic rings. The van der Waals surface area contributed by atoms with Crippen molar-refractivity contribution in [1.29, 1.82) is 0 Å². The van der Waals surface area contributed by atoms with Gasteiger partial charge in [-0.2, -0.15) is 11.8 Å². The Labute approximate surface area is 102 Å². The molecule has 0 amide bonds. The average molecular weight is 240 g/mol. The van der Waals surface area contributed by atoms with Gasteiger partial charge in [-0.1, -0.05) is 6.92 Å². The Bertz CT molecular complexity index is 307. The van der Waals surface area contributed by atoms with Gasteiger partial charge >= 0.3 is 0 Å². The molecule has 1 heterocycles. The van der Waals surface area contributed by atoms with E-state index >= 15 is 0 Å². The summed E-state index contributed by atoms with van der Waals surface area (Å²) < 4.78 is 0. The first-order valence-electron chi connectivity index (χ1n) is 5.67. The lowest BCUT2D eigenvalue weighted by Crippen LogP contribution is -2.01. The first-order valence-corrected chi connectivity index (χ1v) is 6.72. The first kappa shape index (κ1) is 13.3. The van der Waals surface area contributed by atoms with Crippen molar-refractivity contribution in [3.63, 3.8) is 0 Å². The Morgan fingerprint density at radius 3 is 3.06 bits per heavy atom. The van der Waals surface area contributed by atoms with Crippen molar-refractivity contribution in [3.05, 3.63) is 24.0 Å². The number of aromatic nitrogens is 1. The molecule has 3 nitrogen and oxygen atoms in total. The van der Waals surface area contributed by atoms with Gasteiger partial charge in [0.1, 0.15) is 0 Å². The molecule has 0 aliphatic carbocycles. The molecule has 0 fully saturated rings. The molecule has 1 aromatic rings. The van der Waals surface area contributed by atoms with Gasteiger partial charge in [-0.3, -0.25) is 4.98 Å². The SMILES string of the molecule is CCNc1ccnc(CSC(C)CCO)c1. The third kappa shape index (κ3) is 4.86. The molecule has 0 aromatic carbocycles. The van der Waals surface area contributed by atoms with E-state index in [1.54, 1.807) is 0 Å². The summed E-state index contributed by atoms with van der Waals surface area (Å²) in [7, 11) is 0. The van der Waals surface area contributed by atoms with Gasteiger partial charge in [-0.25, -0.2) is 0 Å². The summed E-state index contributed by atoms with van der Waals surface area (Å²) in [5, 5.41) is 12.6. The largest absolute Gasteiger partial charge is 0.396 e. The summed E-state index contributed by atoms with van der Waals surface area (Å²) in [6.45, 7) is 5.41. The number of anilines is 1. The maximum absolute atomic E-state index is 8.81. The van der Waals surface area contributed by atoms with Gasteiger partial charge in [0.2, 0.25) is 0 Å². The number of pyridine rings is 1. The summed E-state index contributed by atoms with van der Waals surface area (Å²) in [6, 6.07) is 4.07. The number of nitrogens with zero attached hydrogens (tertiary/aromatic N) is 1. The minimum Gasteiger partial charge on any atom is -0.396 e. The van der Waals surface area contributed by atoms with Gasteiger partial charge in [0.15, 0.2) is 0 Å². The van der Waals surface area contributed by atoms with Gasteiger partial charge in [0.25, 0.3) is 0 Å². The summed E-state index contributed by atoms with van der Waals surface area (Å²) in [4.78, 5) is 4.33. The molecule has 0 radical (unpaired) electrons. The Hall–Kier alpha value is -0.740. The monoisotopic (exact) mass is 240 g/mol. The average Bonchev–Trinajstić information content (AvgIpc) is 2.28. The van der Waals surface area contributed by atoms with E-state index in [0.717, 1.165) is 30.1 Å². The van der Waals surface area contributed by atoms with Gasteiger partial charge in [0, 0.05) is 36.0 Å². The van der Waals surface area contributed by atoms with Crippen molar-refractivity contribution >= 4 is 17.4 Å². The van der Waals surface area contributed by atoms with Gasteiger partial charge < -0.3 is 10.4 Å². The smallest absolute Gasteiger partial charge is 0.0523 e. The van der Waals surface area contributed by atoms with Crippen LogP contribution in [0.2, 0.25) is 0 Å². The number of rotatable bonds is 7. The zero-order chi connectivity index (χ0) is 11.8. The summed E-state index contributed by atoms with van der Waals surface area (Å²) in [6.07, 6.45) is 2.68. The van der Waals surface area contributed by atoms with E-state index in [1.807, 2.05) is 24.0 Å². The number of aliphatic hydroxyl groups is 1. The molecule has 0 saturated heterocycles. The van der Waals surface area contributed by atoms with Crippen LogP contribution >= 0.6 is 11.8 Å². The topological polar surface area (TPSA) is 45.2 Å². The van der Waals surface area contributed by atoms with Crippen molar-refractivity contribution in [2.45, 2.75) is 31.3 Å². The highest BCUT2D eigenvalue weighted by atomic mass is 32.2. The Balaban J connectivity index is 2.44. The maximum atomic E-state index is 8.81. The van der Waals surface area contributed by atoms with Crippen molar-refractivity contribution in [3.8, 4) is 0 Å². The second-order valence-corrected chi connectivity index (χ2v) is 5.13. The third-order valence-electron chi connectivity index (χ3n) is 2.25. The van der Waals surface area contributed by atoms with Crippen molar-refractivity contribution < 1.29 is 5.11 Å². The van der Waals surface area contributed by atoms with Crippen LogP contribution in [0.3, 0.4) is 0 Å². The fourth-order valence-electron chi connectivity index (χ4n) is 1.36. The summed E-state index contributed by atoms with van der Waals surface area (Å²) in [5.41, 5.74) is 2.22. The lowest BCUT2D eigenvalue weighted by Gasteiger charge is -2.09. The van der Waals surface area contributed by atoms with Crippen LogP contribution in [-0.4, -0.2) is 28.5 Å². The molecule has 1 aromatic heterocycles. The van der Waals surface area contributed by atoms with Gasteiger partial charge in [-0.05, 0) is 25.5 Å². The molecule has 1 atom stereocenters. The number of thioether (sulfide) groups is 1. The van der Waals surface area contributed by atoms with Crippen molar-refractivity contribution in [2.75, 3.05) is 18.5 Å². The molecule has 2 N–H and O–H groups in total. The quantitative estimate of drug-likeness (QED) is 0.768. The molecule has 90 valence electrons. The fourth-order valence-corrected chi connectivity index (χ4v) is 2.25. The first-order chi connectivity index (χ1) is 7.76. The van der Waals surface area contributed by atoms with Crippen LogP contribution in [0.5, 0.6) is 0 Å². The van der Waals surface area contributed by atoms with Crippen LogP contribution in [0.4, 0.5) is 5.69 Å². The van der Waals surface area contributed by atoms with E-state index in [-0.39, 0.29) is 6.61 Å². The maximum Gasteiger partial charge on any atom is 0.0523 e. The second-order valence-electron chi connectivity index (χ2n) is 3.70. The zero-order valence-electron chi connectivity index (χ0n) is 9.94. The Morgan fingerprint density at radius 2 is 2.38 bits per heavy atom. The fraction of sp³-hybridized carbons (Fsp3) is 0.583. The summed E-state index contributed by atoms with van der Waals surface area (Å²) in [5.74, 6) is 0.903. The minimum absolute atomic E-state index is 0.263. The van der Waals surface area contributed by atoms with E-state index in [0.29, 0.717) is 5.25 Å². The predicted octanol–water partition coefficient (Wildman–Crippen LogP) is 2.52. The molecule has 0 bridgehead atoms. The lowest BCUT2D eigenvalue weighted by molar-refractivity contribution is 0.289. The van der Waals surface area contributed by atoms with E-state index in [9.17, 15) is 0 Å². The zero-order valence-corrected chi connectivity index (χ0v) is 10.8. The molecule has 4 heteroatoms. The van der Waals surface area contributed by atoms with Crippen LogP contribution in [0, 0.1) is 0 Å². The van der Waals surface area contributed by atoms with Crippen LogP contribution in [0.25, 0.3) is 0 Å². The number of nitrogens with one attached hydrogen (secondary N) is 1. The minimum atomic E-state index is 0.263. The normalized spacial score (nSPS) is 12.4. The second kappa shape index (κ2) is 7.52. The van der Waals surface area contributed by atoms with Crippen molar-refractivity contribution in [2.24, 2.45) is 0 Å². The number of aliphatic hydroxyl groups excluding tert-OH is 1. The van der Waals surface area contributed by atoms with Crippen LogP contribution < -0.4 is 5.32 Å². The molecule has 16 heavy (non-hydrogen) atoms. The van der Waals surface area contributed by atoms with Crippen molar-refractivity contribution in [1.82, 2.24) is 4.98 Å². The highest BCUT2D eigenvalue weighted by Gasteiger charge is 2.03. The standard InChI is InChI=1S/C12H20N2OS/c1-3-13-11-4-6-14-12(8-11)9-16-10(2)5-7-15/h4,6,8,10,15H,3,5,7,9H2,1-2H3,(H,13,14). The van der Waals surface area contributed by atoms with Crippen LogP contribution in [-0.2, 0) is 5.75 Å². The van der Waals surface area contributed by atoms with Gasteiger partial charge in [0.05, 0.1) is 5.69 Å². The van der Waals surface area contributed by atoms with E-state index in [4.69, 9.17) is 5.11 Å². The molecular formula is C12H20N2OS. The molecule has 1 rings (SSSR count). The lowest BCUT2D eigenvalue weighted by atomic mass is 10.3. The van der Waals surface area contributed by atoms with Crippen LogP contribution in [0.15, 0.2) is 18.3 Å². The summed E-state index contributed by atoms with van der Waals surface area (Å²) >= 11 is 1.83. The highest BCUT2D eigenvalue weighted by molar-refractivity contribution is 7.99. The molecule has 0 spiro atoms. The molecule has 0 saturated carbocycles. The van der Waals surface area contributed by atoms with Gasteiger partial charge in [-0.15, -0.1) is 0 Å².